The molecule has 51 heavy (non-hydrogen) atoms. The van der Waals surface area contributed by atoms with Crippen LogP contribution in [-0.2, 0) is 27.2 Å². The number of benzene rings is 1. The van der Waals surface area contributed by atoms with Gasteiger partial charge in [-0.05, 0) is 85.4 Å². The third kappa shape index (κ3) is 8.33. The lowest BCUT2D eigenvalue weighted by Crippen LogP contribution is -2.44. The van der Waals surface area contributed by atoms with Gasteiger partial charge in [0.1, 0.15) is 23.6 Å². The maximum Gasteiger partial charge on any atom is 0.424 e. The Kier molecular flexibility index (Phi) is 9.41. The van der Waals surface area contributed by atoms with Gasteiger partial charge in [-0.15, -0.1) is 0 Å². The predicted octanol–water partition coefficient (Wildman–Crippen LogP) is 6.90. The first-order chi connectivity index (χ1) is 23.6. The highest BCUT2D eigenvalue weighted by Crippen LogP contribution is 2.39. The number of imide groups is 1. The zero-order chi connectivity index (χ0) is 37.6. The van der Waals surface area contributed by atoms with Gasteiger partial charge in [-0.3, -0.25) is 19.8 Å². The van der Waals surface area contributed by atoms with E-state index in [4.69, 9.17) is 9.47 Å². The van der Waals surface area contributed by atoms with Gasteiger partial charge in [0.15, 0.2) is 11.6 Å². The number of ether oxygens (including phenoxy) is 2. The maximum atomic E-state index is 16.6. The summed E-state index contributed by atoms with van der Waals surface area (Å²) >= 11 is 0. The summed E-state index contributed by atoms with van der Waals surface area (Å²) in [6.07, 6.45) is 0.709. The minimum Gasteiger partial charge on any atom is -0.464 e. The molecule has 0 radical (unpaired) electrons. The van der Waals surface area contributed by atoms with Crippen molar-refractivity contribution in [2.45, 2.75) is 92.0 Å². The lowest BCUT2D eigenvalue weighted by atomic mass is 9.97. The molecule has 4 aromatic rings. The highest BCUT2D eigenvalue weighted by Gasteiger charge is 2.32. The fourth-order valence-electron chi connectivity index (χ4n) is 5.64. The molecule has 16 heteroatoms. The third-order valence-electron chi connectivity index (χ3n) is 7.59. The normalized spacial score (nSPS) is 14.2. The number of amides is 4. The molecule has 0 saturated heterocycles. The number of nitrogens with zero attached hydrogens (tertiary/aromatic N) is 5. The molecule has 1 aliphatic heterocycles. The summed E-state index contributed by atoms with van der Waals surface area (Å²) in [5.74, 6) is -0.287. The summed E-state index contributed by atoms with van der Waals surface area (Å²) in [5.41, 5.74) is -1.66. The topological polar surface area (TPSA) is 190 Å². The second-order valence-electron chi connectivity index (χ2n) is 14.9. The fraction of sp³-hybridized carbons (Fsp3) is 0.400. The lowest BCUT2D eigenvalue weighted by molar-refractivity contribution is -0.122. The first kappa shape index (κ1) is 36.5. The Morgan fingerprint density at radius 3 is 2.33 bits per heavy atom. The van der Waals surface area contributed by atoms with Crippen molar-refractivity contribution in [3.05, 3.63) is 53.9 Å². The number of hydrogen-bond donors (Lipinski definition) is 4. The molecule has 5 rings (SSSR count). The molecular weight excluding hydrogens is 663 g/mol. The third-order valence-corrected chi connectivity index (χ3v) is 7.59. The van der Waals surface area contributed by atoms with Crippen molar-refractivity contribution in [1.29, 1.82) is 0 Å². The molecule has 0 spiro atoms. The minimum absolute atomic E-state index is 0.0492. The minimum atomic E-state index is -1.62. The van der Waals surface area contributed by atoms with Crippen LogP contribution in [0, 0.1) is 12.7 Å². The van der Waals surface area contributed by atoms with E-state index < -0.39 is 40.8 Å². The Balaban J connectivity index is 1.62. The average molecular weight is 705 g/mol. The molecule has 270 valence electrons. The van der Waals surface area contributed by atoms with E-state index in [1.165, 1.54) is 31.6 Å². The Labute approximate surface area is 293 Å². The summed E-state index contributed by atoms with van der Waals surface area (Å²) in [7, 11) is 0. The van der Waals surface area contributed by atoms with Crippen LogP contribution in [0.2, 0.25) is 0 Å². The molecule has 0 unspecified atom stereocenters. The summed E-state index contributed by atoms with van der Waals surface area (Å²) < 4.78 is 29.0. The number of anilines is 4. The van der Waals surface area contributed by atoms with Crippen molar-refractivity contribution >= 4 is 58.0 Å². The van der Waals surface area contributed by atoms with E-state index in [0.717, 1.165) is 5.69 Å². The SMILES string of the molecule is Cc1c(-c2cc3cc(Nc4cc5n(n4)CC(=O)NC(C)(C)C5)ncc3c(NC(=O)OC(C)(C)C)c2F)cncc1N(C(=O)O)C(=O)OC(C)(C)C. The molecule has 0 atom stereocenters. The van der Waals surface area contributed by atoms with Crippen LogP contribution < -0.4 is 20.9 Å². The van der Waals surface area contributed by atoms with E-state index in [-0.39, 0.29) is 45.9 Å². The maximum absolute atomic E-state index is 16.6. The predicted molar refractivity (Wildman–Crippen MR) is 188 cm³/mol. The fourth-order valence-corrected chi connectivity index (χ4v) is 5.64. The molecule has 3 aromatic heterocycles. The van der Waals surface area contributed by atoms with Gasteiger partial charge in [-0.1, -0.05) is 0 Å². The molecule has 4 N–H and O–H groups in total. The van der Waals surface area contributed by atoms with Gasteiger partial charge in [0.2, 0.25) is 5.91 Å². The number of nitrogens with one attached hydrogen (secondary N) is 3. The summed E-state index contributed by atoms with van der Waals surface area (Å²) in [5, 5.41) is 23.8. The molecule has 15 nitrogen and oxygen atoms in total. The van der Waals surface area contributed by atoms with Crippen LogP contribution in [0.15, 0.2) is 36.8 Å². The number of hydrogen-bond acceptors (Lipinski definition) is 10. The van der Waals surface area contributed by atoms with Crippen molar-refractivity contribution in [3.63, 3.8) is 0 Å². The van der Waals surface area contributed by atoms with Crippen LogP contribution in [0.3, 0.4) is 0 Å². The van der Waals surface area contributed by atoms with Crippen molar-refractivity contribution < 1.29 is 38.1 Å². The quantitative estimate of drug-likeness (QED) is 0.169. The molecule has 0 aliphatic carbocycles. The van der Waals surface area contributed by atoms with E-state index in [2.05, 4.69) is 31.0 Å². The Hall–Kier alpha value is -5.80. The van der Waals surface area contributed by atoms with Crippen LogP contribution in [0.5, 0.6) is 0 Å². The number of halogens is 1. The molecule has 4 heterocycles. The van der Waals surface area contributed by atoms with E-state index in [1.807, 2.05) is 19.9 Å². The first-order valence-corrected chi connectivity index (χ1v) is 16.1. The zero-order valence-corrected chi connectivity index (χ0v) is 29.9. The number of carboxylic acid groups (broad SMARTS) is 1. The summed E-state index contributed by atoms with van der Waals surface area (Å²) in [6.45, 7) is 15.2. The summed E-state index contributed by atoms with van der Waals surface area (Å²) in [6, 6.07) is 4.94. The second-order valence-corrected chi connectivity index (χ2v) is 14.9. The van der Waals surface area contributed by atoms with Gasteiger partial charge in [0.05, 0.1) is 17.6 Å². The Morgan fingerprint density at radius 1 is 1.00 bits per heavy atom. The molecule has 0 saturated carbocycles. The molecule has 1 aromatic carbocycles. The van der Waals surface area contributed by atoms with Crippen molar-refractivity contribution in [3.8, 4) is 11.1 Å². The van der Waals surface area contributed by atoms with Crippen LogP contribution >= 0.6 is 0 Å². The van der Waals surface area contributed by atoms with E-state index in [9.17, 15) is 24.3 Å². The molecule has 0 bridgehead atoms. The Bertz CT molecular complexity index is 2060. The average Bonchev–Trinajstić information content (AvgIpc) is 3.26. The summed E-state index contributed by atoms with van der Waals surface area (Å²) in [4.78, 5) is 59.6. The van der Waals surface area contributed by atoms with Crippen LogP contribution in [0.1, 0.15) is 66.6 Å². The van der Waals surface area contributed by atoms with Crippen LogP contribution in [0.25, 0.3) is 21.9 Å². The number of carbonyl (C=O) groups is 4. The second kappa shape index (κ2) is 13.2. The van der Waals surface area contributed by atoms with Crippen molar-refractivity contribution in [2.75, 3.05) is 15.5 Å². The van der Waals surface area contributed by atoms with Crippen LogP contribution in [-0.4, -0.2) is 65.8 Å². The largest absolute Gasteiger partial charge is 0.464 e. The van der Waals surface area contributed by atoms with E-state index in [0.29, 0.717) is 28.3 Å². The molecule has 0 fully saturated rings. The number of rotatable bonds is 5. The van der Waals surface area contributed by atoms with Gasteiger partial charge in [0.25, 0.3) is 0 Å². The Morgan fingerprint density at radius 2 is 1.69 bits per heavy atom. The number of carbonyl (C=O) groups excluding carboxylic acids is 3. The monoisotopic (exact) mass is 704 g/mol. The lowest BCUT2D eigenvalue weighted by Gasteiger charge is -2.25. The highest BCUT2D eigenvalue weighted by atomic mass is 19.1. The highest BCUT2D eigenvalue weighted by molar-refractivity contribution is 6.10. The van der Waals surface area contributed by atoms with Gasteiger partial charge in [-0.2, -0.15) is 10.00 Å². The standard InChI is InChI=1S/C35H41FN8O7/c1-18-22(14-37-16-24(18)44(31(47)48)32(49)51-34(5,6)7)21-10-19-11-25(38-15-23(19)29(28(21)36)40-30(46)50-33(2,3)4)39-26-12-20-13-35(8,9)41-27(45)17-43(20)42-26/h10-12,14-16H,13,17H2,1-9H3,(H,40,46)(H,41,45)(H,47,48)(H,38,39,42). The number of fused-ring (bicyclic) bond motifs is 2. The van der Waals surface area contributed by atoms with Gasteiger partial charge in [0, 0.05) is 52.6 Å². The van der Waals surface area contributed by atoms with Crippen LogP contribution in [0.4, 0.5) is 41.8 Å². The van der Waals surface area contributed by atoms with Crippen molar-refractivity contribution in [1.82, 2.24) is 25.1 Å². The number of pyridine rings is 2. The van der Waals surface area contributed by atoms with Gasteiger partial charge >= 0.3 is 18.3 Å². The molecule has 4 amide bonds. The molecule has 1 aliphatic rings. The first-order valence-electron chi connectivity index (χ1n) is 16.1. The van der Waals surface area contributed by atoms with Crippen molar-refractivity contribution in [2.24, 2.45) is 0 Å². The van der Waals surface area contributed by atoms with E-state index in [1.54, 1.807) is 52.3 Å². The van der Waals surface area contributed by atoms with Gasteiger partial charge in [-0.25, -0.2) is 23.8 Å². The molecular formula is C35H41FN8O7. The van der Waals surface area contributed by atoms with E-state index >= 15 is 4.39 Å². The number of aromatic nitrogens is 4. The smallest absolute Gasteiger partial charge is 0.424 e. The van der Waals surface area contributed by atoms with Gasteiger partial charge < -0.3 is 25.2 Å². The zero-order valence-electron chi connectivity index (χ0n) is 29.9.